The van der Waals surface area contributed by atoms with Gasteiger partial charge in [0.05, 0.1) is 21.6 Å². The first-order chi connectivity index (χ1) is 11.9. The number of para-hydroxylation sites is 1. The second kappa shape index (κ2) is 7.19. The normalized spacial score (nSPS) is 11.8. The van der Waals surface area contributed by atoms with Gasteiger partial charge in [-0.1, -0.05) is 35.5 Å². The Labute approximate surface area is 154 Å². The summed E-state index contributed by atoms with van der Waals surface area (Å²) in [4.78, 5) is 17.0. The summed E-state index contributed by atoms with van der Waals surface area (Å²) in [6, 6.07) is 13.2. The van der Waals surface area contributed by atoms with Gasteiger partial charge in [0, 0.05) is 17.8 Å². The molecule has 5 nitrogen and oxygen atoms in total. The molecule has 0 atom stereocenters. The maximum atomic E-state index is 12.4. The lowest BCUT2D eigenvalue weighted by Gasteiger charge is -2.09. The van der Waals surface area contributed by atoms with E-state index in [1.807, 2.05) is 6.07 Å². The van der Waals surface area contributed by atoms with Crippen LogP contribution in [0.25, 0.3) is 10.9 Å². The van der Waals surface area contributed by atoms with Crippen molar-refractivity contribution in [3.8, 4) is 0 Å². The molecule has 1 heterocycles. The Morgan fingerprint density at radius 1 is 1.12 bits per heavy atom. The summed E-state index contributed by atoms with van der Waals surface area (Å²) in [5, 5.41) is 1.53. The molecule has 0 aliphatic carbocycles. The average Bonchev–Trinajstić information content (AvgIpc) is 2.59. The summed E-state index contributed by atoms with van der Waals surface area (Å²) in [6.45, 7) is 0. The highest BCUT2D eigenvalue weighted by Gasteiger charge is 2.15. The SMILES string of the molecule is Cn1c(SCCS(=O)(=O)c2ccc(Cl)cc2)nc2ccccc2c1=O. The highest BCUT2D eigenvalue weighted by Crippen LogP contribution is 2.20. The molecule has 0 N–H and O–H groups in total. The van der Waals surface area contributed by atoms with E-state index in [9.17, 15) is 13.2 Å². The van der Waals surface area contributed by atoms with Crippen LogP contribution in [0.5, 0.6) is 0 Å². The largest absolute Gasteiger partial charge is 0.290 e. The van der Waals surface area contributed by atoms with Gasteiger partial charge in [0.25, 0.3) is 5.56 Å². The molecule has 3 aromatic rings. The zero-order chi connectivity index (χ0) is 18.0. The summed E-state index contributed by atoms with van der Waals surface area (Å²) in [5.41, 5.74) is 0.460. The Balaban J connectivity index is 1.78. The van der Waals surface area contributed by atoms with Crippen LogP contribution < -0.4 is 5.56 Å². The van der Waals surface area contributed by atoms with Gasteiger partial charge in [-0.05, 0) is 36.4 Å². The van der Waals surface area contributed by atoms with Gasteiger partial charge in [0.2, 0.25) is 0 Å². The third-order valence-electron chi connectivity index (χ3n) is 3.70. The van der Waals surface area contributed by atoms with Crippen LogP contribution >= 0.6 is 23.4 Å². The predicted octanol–water partition coefficient (Wildman–Crippen LogP) is 3.15. The number of hydrogen-bond acceptors (Lipinski definition) is 5. The smallest absolute Gasteiger partial charge is 0.261 e. The maximum Gasteiger partial charge on any atom is 0.261 e. The lowest BCUT2D eigenvalue weighted by Crippen LogP contribution is -2.20. The second-order valence-corrected chi connectivity index (χ2v) is 9.00. The number of hydrogen-bond donors (Lipinski definition) is 0. The van der Waals surface area contributed by atoms with Crippen LogP contribution in [-0.2, 0) is 16.9 Å². The quantitative estimate of drug-likeness (QED) is 0.491. The molecule has 0 spiro atoms. The summed E-state index contributed by atoms with van der Waals surface area (Å²) in [7, 11) is -1.77. The first-order valence-corrected chi connectivity index (χ1v) is 10.5. The van der Waals surface area contributed by atoms with Crippen molar-refractivity contribution in [2.24, 2.45) is 7.05 Å². The molecule has 0 fully saturated rings. The van der Waals surface area contributed by atoms with E-state index in [2.05, 4.69) is 4.98 Å². The molecule has 0 amide bonds. The molecule has 8 heteroatoms. The molecule has 0 aliphatic heterocycles. The third kappa shape index (κ3) is 3.89. The van der Waals surface area contributed by atoms with E-state index < -0.39 is 9.84 Å². The van der Waals surface area contributed by atoms with Gasteiger partial charge in [-0.2, -0.15) is 0 Å². The fourth-order valence-electron chi connectivity index (χ4n) is 2.33. The van der Waals surface area contributed by atoms with Crippen molar-refractivity contribution in [3.05, 3.63) is 63.9 Å². The molecule has 2 aromatic carbocycles. The van der Waals surface area contributed by atoms with Gasteiger partial charge >= 0.3 is 0 Å². The van der Waals surface area contributed by atoms with Crippen LogP contribution in [0.4, 0.5) is 0 Å². The zero-order valence-corrected chi connectivity index (χ0v) is 15.7. The van der Waals surface area contributed by atoms with Gasteiger partial charge in [-0.15, -0.1) is 0 Å². The number of aromatic nitrogens is 2. The summed E-state index contributed by atoms with van der Waals surface area (Å²) in [6.07, 6.45) is 0. The van der Waals surface area contributed by atoms with E-state index >= 15 is 0 Å². The number of nitrogens with zero attached hydrogens (tertiary/aromatic N) is 2. The van der Waals surface area contributed by atoms with Gasteiger partial charge in [-0.3, -0.25) is 9.36 Å². The van der Waals surface area contributed by atoms with Crippen LogP contribution in [0.3, 0.4) is 0 Å². The monoisotopic (exact) mass is 394 g/mol. The molecule has 3 rings (SSSR count). The van der Waals surface area contributed by atoms with Crippen molar-refractivity contribution in [1.29, 1.82) is 0 Å². The molecule has 0 aliphatic rings. The van der Waals surface area contributed by atoms with E-state index in [0.717, 1.165) is 0 Å². The molecular weight excluding hydrogens is 380 g/mol. The maximum absolute atomic E-state index is 12.4. The summed E-state index contributed by atoms with van der Waals surface area (Å²) in [5.74, 6) is 0.242. The standard InChI is InChI=1S/C17H15ClN2O3S2/c1-20-16(21)14-4-2-3-5-15(14)19-17(20)24-10-11-25(22,23)13-8-6-12(18)7-9-13/h2-9H,10-11H2,1H3. The van der Waals surface area contributed by atoms with Crippen LogP contribution in [0, 0.1) is 0 Å². The molecule has 130 valence electrons. The average molecular weight is 395 g/mol. The topological polar surface area (TPSA) is 69.0 Å². The van der Waals surface area contributed by atoms with Gasteiger partial charge in [-0.25, -0.2) is 13.4 Å². The Morgan fingerprint density at radius 3 is 2.52 bits per heavy atom. The first kappa shape index (κ1) is 18.0. The Kier molecular flexibility index (Phi) is 5.17. The molecule has 0 saturated heterocycles. The van der Waals surface area contributed by atoms with E-state index in [1.165, 1.54) is 28.5 Å². The highest BCUT2D eigenvalue weighted by atomic mass is 35.5. The van der Waals surface area contributed by atoms with Crippen molar-refractivity contribution < 1.29 is 8.42 Å². The number of fused-ring (bicyclic) bond motifs is 1. The fourth-order valence-corrected chi connectivity index (χ4v) is 5.07. The van der Waals surface area contributed by atoms with E-state index in [1.54, 1.807) is 37.4 Å². The van der Waals surface area contributed by atoms with E-state index in [-0.39, 0.29) is 16.2 Å². The summed E-state index contributed by atoms with van der Waals surface area (Å²) >= 11 is 7.03. The minimum absolute atomic E-state index is 0.0536. The van der Waals surface area contributed by atoms with Crippen molar-refractivity contribution in [1.82, 2.24) is 9.55 Å². The predicted molar refractivity (Wildman–Crippen MR) is 101 cm³/mol. The number of halogens is 1. The Morgan fingerprint density at radius 2 is 1.80 bits per heavy atom. The van der Waals surface area contributed by atoms with E-state index in [4.69, 9.17) is 11.6 Å². The lowest BCUT2D eigenvalue weighted by atomic mass is 10.2. The van der Waals surface area contributed by atoms with Crippen molar-refractivity contribution in [2.45, 2.75) is 10.1 Å². The second-order valence-electron chi connectivity index (χ2n) is 5.40. The fraction of sp³-hybridized carbons (Fsp3) is 0.176. The Bertz CT molecular complexity index is 1080. The zero-order valence-electron chi connectivity index (χ0n) is 13.3. The molecular formula is C17H15ClN2O3S2. The van der Waals surface area contributed by atoms with Gasteiger partial charge in [0.15, 0.2) is 15.0 Å². The van der Waals surface area contributed by atoms with Crippen LogP contribution in [0.1, 0.15) is 0 Å². The van der Waals surface area contributed by atoms with Crippen LogP contribution in [0.15, 0.2) is 63.4 Å². The number of rotatable bonds is 5. The van der Waals surface area contributed by atoms with Crippen LogP contribution in [0.2, 0.25) is 5.02 Å². The molecule has 0 bridgehead atoms. The number of sulfone groups is 1. The summed E-state index contributed by atoms with van der Waals surface area (Å²) < 4.78 is 26.2. The minimum atomic E-state index is -3.41. The Hall–Kier alpha value is -1.83. The third-order valence-corrected chi connectivity index (χ3v) is 6.97. The molecule has 0 saturated carbocycles. The van der Waals surface area contributed by atoms with Crippen LogP contribution in [-0.4, -0.2) is 29.5 Å². The van der Waals surface area contributed by atoms with Crippen molar-refractivity contribution >= 4 is 44.1 Å². The number of thioether (sulfide) groups is 1. The van der Waals surface area contributed by atoms with E-state index in [0.29, 0.717) is 26.8 Å². The molecule has 0 unspecified atom stereocenters. The highest BCUT2D eigenvalue weighted by molar-refractivity contribution is 8.00. The lowest BCUT2D eigenvalue weighted by molar-refractivity contribution is 0.597. The van der Waals surface area contributed by atoms with Crippen molar-refractivity contribution in [2.75, 3.05) is 11.5 Å². The van der Waals surface area contributed by atoms with Gasteiger partial charge < -0.3 is 0 Å². The molecule has 1 aromatic heterocycles. The number of benzene rings is 2. The first-order valence-electron chi connectivity index (χ1n) is 7.45. The van der Waals surface area contributed by atoms with Crippen molar-refractivity contribution in [3.63, 3.8) is 0 Å². The minimum Gasteiger partial charge on any atom is -0.290 e. The molecule has 25 heavy (non-hydrogen) atoms. The van der Waals surface area contributed by atoms with Gasteiger partial charge in [0.1, 0.15) is 0 Å². The molecule has 0 radical (unpaired) electrons.